The zero-order valence-electron chi connectivity index (χ0n) is 8.47. The molecule has 3 heteroatoms. The number of nitrogens with zero attached hydrogens (tertiary/aromatic N) is 2. The van der Waals surface area contributed by atoms with Crippen molar-refractivity contribution in [3.63, 3.8) is 0 Å². The van der Waals surface area contributed by atoms with E-state index in [1.165, 1.54) is 12.1 Å². The predicted molar refractivity (Wildman–Crippen MR) is 61.0 cm³/mol. The molecule has 0 aliphatic rings. The van der Waals surface area contributed by atoms with Crippen LogP contribution in [0.15, 0.2) is 54.9 Å². The molecule has 0 aliphatic heterocycles. The molecule has 0 aliphatic carbocycles. The van der Waals surface area contributed by atoms with Crippen LogP contribution in [0.1, 0.15) is 0 Å². The van der Waals surface area contributed by atoms with E-state index in [1.807, 2.05) is 34.9 Å². The second-order valence-electron chi connectivity index (χ2n) is 3.58. The molecule has 0 bridgehead atoms. The van der Waals surface area contributed by atoms with Gasteiger partial charge in [0.25, 0.3) is 0 Å². The topological polar surface area (TPSA) is 17.8 Å². The Kier molecular flexibility index (Phi) is 1.96. The Balaban J connectivity index is 2.26. The summed E-state index contributed by atoms with van der Waals surface area (Å²) in [4.78, 5) is 4.27. The predicted octanol–water partition coefficient (Wildman–Crippen LogP) is 3.16. The molecule has 3 aromatic rings. The van der Waals surface area contributed by atoms with Crippen LogP contribution in [0.3, 0.4) is 0 Å². The Morgan fingerprint density at radius 3 is 2.75 bits per heavy atom. The average molecular weight is 212 g/mol. The van der Waals surface area contributed by atoms with E-state index < -0.39 is 0 Å². The number of rotatable bonds is 1. The molecular formula is C13H9FN2. The number of imidazole rings is 1. The lowest BCUT2D eigenvalue weighted by Crippen LogP contribution is -1.91. The molecule has 0 fully saturated rings. The van der Waals surface area contributed by atoms with Gasteiger partial charge in [-0.3, -0.25) is 4.57 Å². The minimum absolute atomic E-state index is 0.240. The highest BCUT2D eigenvalue weighted by atomic mass is 19.1. The highest BCUT2D eigenvalue weighted by Gasteiger charge is 2.03. The van der Waals surface area contributed by atoms with Crippen molar-refractivity contribution in [3.05, 3.63) is 60.7 Å². The minimum Gasteiger partial charge on any atom is -0.299 e. The van der Waals surface area contributed by atoms with Crippen LogP contribution in [-0.4, -0.2) is 9.55 Å². The number of fused-ring (bicyclic) bond motifs is 1. The first-order valence-corrected chi connectivity index (χ1v) is 5.02. The van der Waals surface area contributed by atoms with E-state index in [-0.39, 0.29) is 5.82 Å². The zero-order valence-corrected chi connectivity index (χ0v) is 8.47. The summed E-state index contributed by atoms with van der Waals surface area (Å²) in [7, 11) is 0. The van der Waals surface area contributed by atoms with Crippen molar-refractivity contribution in [2.45, 2.75) is 0 Å². The van der Waals surface area contributed by atoms with Gasteiger partial charge in [-0.2, -0.15) is 0 Å². The second kappa shape index (κ2) is 3.45. The maximum Gasteiger partial charge on any atom is 0.125 e. The fourth-order valence-electron chi connectivity index (χ4n) is 1.79. The number of para-hydroxylation sites is 2. The molecule has 2 aromatic carbocycles. The van der Waals surface area contributed by atoms with Crippen LogP contribution in [0.5, 0.6) is 0 Å². The molecule has 0 unspecified atom stereocenters. The first kappa shape index (κ1) is 9.09. The summed E-state index contributed by atoms with van der Waals surface area (Å²) in [5.74, 6) is -0.240. The lowest BCUT2D eigenvalue weighted by Gasteiger charge is -2.03. The first-order valence-electron chi connectivity index (χ1n) is 5.02. The first-order chi connectivity index (χ1) is 7.84. The van der Waals surface area contributed by atoms with Crippen LogP contribution in [0, 0.1) is 5.82 Å². The molecule has 3 rings (SSSR count). The Labute approximate surface area is 92.0 Å². The monoisotopic (exact) mass is 212 g/mol. The maximum absolute atomic E-state index is 13.1. The molecule has 0 saturated carbocycles. The molecule has 78 valence electrons. The third-order valence-corrected chi connectivity index (χ3v) is 2.54. The number of hydrogen-bond acceptors (Lipinski definition) is 1. The standard InChI is InChI=1S/C13H9FN2/c14-10-4-3-5-11(8-10)16-9-15-12-6-1-2-7-13(12)16/h1-9H. The second-order valence-corrected chi connectivity index (χ2v) is 3.58. The smallest absolute Gasteiger partial charge is 0.125 e. The van der Waals surface area contributed by atoms with Gasteiger partial charge < -0.3 is 0 Å². The molecule has 0 spiro atoms. The molecule has 2 nitrogen and oxygen atoms in total. The Bertz CT molecular complexity index is 643. The van der Waals surface area contributed by atoms with Gasteiger partial charge in [-0.15, -0.1) is 0 Å². The molecular weight excluding hydrogens is 203 g/mol. The van der Waals surface area contributed by atoms with Crippen LogP contribution in [0.2, 0.25) is 0 Å². The van der Waals surface area contributed by atoms with Gasteiger partial charge in [0.1, 0.15) is 12.1 Å². The summed E-state index contributed by atoms with van der Waals surface area (Å²) < 4.78 is 15.0. The van der Waals surface area contributed by atoms with Gasteiger partial charge in [0.15, 0.2) is 0 Å². The molecule has 0 amide bonds. The SMILES string of the molecule is Fc1cccc(-n2cnc3ccccc32)c1. The van der Waals surface area contributed by atoms with Gasteiger partial charge in [-0.1, -0.05) is 18.2 Å². The van der Waals surface area contributed by atoms with E-state index in [4.69, 9.17) is 0 Å². The van der Waals surface area contributed by atoms with Crippen molar-refractivity contribution in [1.29, 1.82) is 0 Å². The number of halogens is 1. The van der Waals surface area contributed by atoms with Gasteiger partial charge in [0.05, 0.1) is 16.7 Å². The van der Waals surface area contributed by atoms with E-state index in [0.717, 1.165) is 16.7 Å². The Morgan fingerprint density at radius 2 is 1.88 bits per heavy atom. The third-order valence-electron chi connectivity index (χ3n) is 2.54. The van der Waals surface area contributed by atoms with E-state index in [0.29, 0.717) is 0 Å². The third kappa shape index (κ3) is 1.37. The lowest BCUT2D eigenvalue weighted by atomic mass is 10.3. The van der Waals surface area contributed by atoms with Crippen molar-refractivity contribution in [1.82, 2.24) is 9.55 Å². The largest absolute Gasteiger partial charge is 0.299 e. The highest BCUT2D eigenvalue weighted by Crippen LogP contribution is 2.18. The summed E-state index contributed by atoms with van der Waals surface area (Å²) in [6.07, 6.45) is 1.71. The van der Waals surface area contributed by atoms with E-state index >= 15 is 0 Å². The zero-order chi connectivity index (χ0) is 11.0. The fraction of sp³-hybridized carbons (Fsp3) is 0. The summed E-state index contributed by atoms with van der Waals surface area (Å²) in [5, 5.41) is 0. The van der Waals surface area contributed by atoms with Crippen LogP contribution >= 0.6 is 0 Å². The van der Waals surface area contributed by atoms with Crippen LogP contribution < -0.4 is 0 Å². The molecule has 0 saturated heterocycles. The van der Waals surface area contributed by atoms with Gasteiger partial charge >= 0.3 is 0 Å². The summed E-state index contributed by atoms with van der Waals surface area (Å²) >= 11 is 0. The van der Waals surface area contributed by atoms with Gasteiger partial charge in [-0.05, 0) is 30.3 Å². The van der Waals surface area contributed by atoms with Gasteiger partial charge in [0.2, 0.25) is 0 Å². The molecule has 0 radical (unpaired) electrons. The van der Waals surface area contributed by atoms with Gasteiger partial charge in [0, 0.05) is 0 Å². The molecule has 0 atom stereocenters. The molecule has 16 heavy (non-hydrogen) atoms. The Hall–Kier alpha value is -2.16. The van der Waals surface area contributed by atoms with Crippen molar-refractivity contribution in [2.24, 2.45) is 0 Å². The molecule has 0 N–H and O–H groups in total. The van der Waals surface area contributed by atoms with Crippen molar-refractivity contribution in [2.75, 3.05) is 0 Å². The van der Waals surface area contributed by atoms with Crippen LogP contribution in [-0.2, 0) is 0 Å². The number of aromatic nitrogens is 2. The van der Waals surface area contributed by atoms with Crippen molar-refractivity contribution in [3.8, 4) is 5.69 Å². The fourth-order valence-corrected chi connectivity index (χ4v) is 1.79. The summed E-state index contributed by atoms with van der Waals surface area (Å²) in [6.45, 7) is 0. The minimum atomic E-state index is -0.240. The molecule has 1 aromatic heterocycles. The van der Waals surface area contributed by atoms with Gasteiger partial charge in [-0.25, -0.2) is 9.37 Å². The molecule has 1 heterocycles. The van der Waals surface area contributed by atoms with Crippen LogP contribution in [0.4, 0.5) is 4.39 Å². The van der Waals surface area contributed by atoms with Crippen molar-refractivity contribution < 1.29 is 4.39 Å². The lowest BCUT2D eigenvalue weighted by molar-refractivity contribution is 0.627. The van der Waals surface area contributed by atoms with Crippen LogP contribution in [0.25, 0.3) is 16.7 Å². The average Bonchev–Trinajstić information content (AvgIpc) is 2.72. The Morgan fingerprint density at radius 1 is 1.00 bits per heavy atom. The summed E-state index contributed by atoms with van der Waals surface area (Å²) in [5.41, 5.74) is 2.67. The van der Waals surface area contributed by atoms with E-state index in [9.17, 15) is 4.39 Å². The van der Waals surface area contributed by atoms with Crippen molar-refractivity contribution >= 4 is 11.0 Å². The normalized spacial score (nSPS) is 10.8. The summed E-state index contributed by atoms with van der Waals surface area (Å²) in [6, 6.07) is 14.3. The van der Waals surface area contributed by atoms with E-state index in [2.05, 4.69) is 4.98 Å². The highest BCUT2D eigenvalue weighted by molar-refractivity contribution is 5.77. The van der Waals surface area contributed by atoms with E-state index in [1.54, 1.807) is 12.4 Å². The number of benzene rings is 2. The number of hydrogen-bond donors (Lipinski definition) is 0. The quantitative estimate of drug-likeness (QED) is 0.605. The maximum atomic E-state index is 13.1.